The van der Waals surface area contributed by atoms with Crippen LogP contribution in [-0.4, -0.2) is 9.55 Å². The van der Waals surface area contributed by atoms with E-state index in [4.69, 9.17) is 0 Å². The summed E-state index contributed by atoms with van der Waals surface area (Å²) in [6.07, 6.45) is 6.20. The van der Waals surface area contributed by atoms with Gasteiger partial charge in [-0.3, -0.25) is 0 Å². The van der Waals surface area contributed by atoms with Crippen LogP contribution >= 0.6 is 0 Å². The van der Waals surface area contributed by atoms with Gasteiger partial charge in [-0.15, -0.1) is 0 Å². The third kappa shape index (κ3) is 2.07. The van der Waals surface area contributed by atoms with Gasteiger partial charge in [-0.05, 0) is 12.3 Å². The standard InChI is InChI=1S/C9H16N2/c1-4-8(2)5-9-6-10-7-11(9)3/h6-8H,4-5H2,1-3H3. The molecule has 1 aromatic heterocycles. The van der Waals surface area contributed by atoms with Gasteiger partial charge in [0, 0.05) is 18.9 Å². The molecule has 0 saturated carbocycles. The first-order valence-corrected chi connectivity index (χ1v) is 4.19. The molecule has 0 N–H and O–H groups in total. The summed E-state index contributed by atoms with van der Waals surface area (Å²) in [5, 5.41) is 0. The fraction of sp³-hybridized carbons (Fsp3) is 0.667. The molecule has 1 rings (SSSR count). The van der Waals surface area contributed by atoms with E-state index in [2.05, 4.69) is 23.4 Å². The number of nitrogens with zero attached hydrogens (tertiary/aromatic N) is 2. The lowest BCUT2D eigenvalue weighted by Crippen LogP contribution is -2.02. The Morgan fingerprint density at radius 1 is 1.64 bits per heavy atom. The van der Waals surface area contributed by atoms with Crippen molar-refractivity contribution in [1.29, 1.82) is 0 Å². The molecule has 0 radical (unpaired) electrons. The maximum Gasteiger partial charge on any atom is 0.0945 e. The smallest absolute Gasteiger partial charge is 0.0945 e. The Bertz CT molecular complexity index is 215. The van der Waals surface area contributed by atoms with Crippen LogP contribution in [0.25, 0.3) is 0 Å². The molecule has 11 heavy (non-hydrogen) atoms. The fourth-order valence-corrected chi connectivity index (χ4v) is 1.08. The molecular formula is C9H16N2. The van der Waals surface area contributed by atoms with Crippen LogP contribution in [0.5, 0.6) is 0 Å². The quantitative estimate of drug-likeness (QED) is 0.647. The van der Waals surface area contributed by atoms with Crippen molar-refractivity contribution in [2.45, 2.75) is 26.7 Å². The van der Waals surface area contributed by atoms with Crippen molar-refractivity contribution in [1.82, 2.24) is 9.55 Å². The van der Waals surface area contributed by atoms with Gasteiger partial charge in [0.05, 0.1) is 6.33 Å². The van der Waals surface area contributed by atoms with Crippen molar-refractivity contribution in [3.8, 4) is 0 Å². The summed E-state index contributed by atoms with van der Waals surface area (Å²) in [7, 11) is 2.05. The van der Waals surface area contributed by atoms with Crippen LogP contribution in [0, 0.1) is 5.92 Å². The second kappa shape index (κ2) is 3.56. The summed E-state index contributed by atoms with van der Waals surface area (Å²) in [5.41, 5.74) is 1.33. The molecule has 1 aromatic rings. The van der Waals surface area contributed by atoms with E-state index in [0.29, 0.717) is 0 Å². The zero-order valence-electron chi connectivity index (χ0n) is 7.54. The summed E-state index contributed by atoms with van der Waals surface area (Å²) >= 11 is 0. The molecule has 0 aliphatic rings. The van der Waals surface area contributed by atoms with Crippen molar-refractivity contribution in [2.24, 2.45) is 13.0 Å². The van der Waals surface area contributed by atoms with Crippen LogP contribution in [0.15, 0.2) is 12.5 Å². The Kier molecular flexibility index (Phi) is 2.69. The van der Waals surface area contributed by atoms with Crippen LogP contribution < -0.4 is 0 Å². The van der Waals surface area contributed by atoms with Crippen LogP contribution in [0.1, 0.15) is 26.0 Å². The highest BCUT2D eigenvalue weighted by Gasteiger charge is 2.03. The number of aromatic nitrogens is 2. The van der Waals surface area contributed by atoms with Gasteiger partial charge in [-0.2, -0.15) is 0 Å². The minimum absolute atomic E-state index is 0.769. The summed E-state index contributed by atoms with van der Waals surface area (Å²) in [4.78, 5) is 4.07. The topological polar surface area (TPSA) is 17.8 Å². The van der Waals surface area contributed by atoms with Gasteiger partial charge >= 0.3 is 0 Å². The van der Waals surface area contributed by atoms with Crippen molar-refractivity contribution in [3.63, 3.8) is 0 Å². The number of imidazole rings is 1. The predicted molar refractivity (Wildman–Crippen MR) is 46.4 cm³/mol. The van der Waals surface area contributed by atoms with E-state index in [0.717, 1.165) is 12.3 Å². The number of hydrogen-bond donors (Lipinski definition) is 0. The average molecular weight is 152 g/mol. The minimum Gasteiger partial charge on any atom is -0.338 e. The summed E-state index contributed by atoms with van der Waals surface area (Å²) in [6, 6.07) is 0. The lowest BCUT2D eigenvalue weighted by Gasteiger charge is -2.07. The van der Waals surface area contributed by atoms with E-state index >= 15 is 0 Å². The Morgan fingerprint density at radius 3 is 2.82 bits per heavy atom. The molecule has 0 aliphatic heterocycles. The van der Waals surface area contributed by atoms with Gasteiger partial charge < -0.3 is 4.57 Å². The molecule has 1 unspecified atom stereocenters. The van der Waals surface area contributed by atoms with Crippen molar-refractivity contribution in [3.05, 3.63) is 18.2 Å². The lowest BCUT2D eigenvalue weighted by molar-refractivity contribution is 0.542. The molecular weight excluding hydrogens is 136 g/mol. The summed E-state index contributed by atoms with van der Waals surface area (Å²) in [5.74, 6) is 0.769. The third-order valence-electron chi connectivity index (χ3n) is 2.17. The highest BCUT2D eigenvalue weighted by Crippen LogP contribution is 2.09. The lowest BCUT2D eigenvalue weighted by atomic mass is 10.0. The van der Waals surface area contributed by atoms with Crippen molar-refractivity contribution in [2.75, 3.05) is 0 Å². The van der Waals surface area contributed by atoms with Crippen LogP contribution in [0.4, 0.5) is 0 Å². The summed E-state index contributed by atoms with van der Waals surface area (Å²) in [6.45, 7) is 4.49. The predicted octanol–water partition coefficient (Wildman–Crippen LogP) is 2.01. The maximum absolute atomic E-state index is 4.07. The normalized spacial score (nSPS) is 13.4. The Labute approximate surface area is 68.3 Å². The SMILES string of the molecule is CCC(C)Cc1cncn1C. The van der Waals surface area contributed by atoms with E-state index in [1.54, 1.807) is 0 Å². The van der Waals surface area contributed by atoms with Gasteiger partial charge in [0.2, 0.25) is 0 Å². The maximum atomic E-state index is 4.07. The molecule has 0 bridgehead atoms. The number of aryl methyl sites for hydroxylation is 1. The zero-order chi connectivity index (χ0) is 8.27. The molecule has 0 aromatic carbocycles. The van der Waals surface area contributed by atoms with Gasteiger partial charge in [-0.1, -0.05) is 20.3 Å². The second-order valence-corrected chi connectivity index (χ2v) is 3.21. The van der Waals surface area contributed by atoms with Crippen LogP contribution in [-0.2, 0) is 13.5 Å². The molecule has 1 atom stereocenters. The second-order valence-electron chi connectivity index (χ2n) is 3.21. The molecule has 2 heteroatoms. The third-order valence-corrected chi connectivity index (χ3v) is 2.17. The molecule has 0 fully saturated rings. The largest absolute Gasteiger partial charge is 0.338 e. The zero-order valence-corrected chi connectivity index (χ0v) is 7.54. The van der Waals surface area contributed by atoms with Gasteiger partial charge in [-0.25, -0.2) is 4.98 Å². The number of hydrogen-bond acceptors (Lipinski definition) is 1. The number of rotatable bonds is 3. The molecule has 0 spiro atoms. The van der Waals surface area contributed by atoms with E-state index < -0.39 is 0 Å². The van der Waals surface area contributed by atoms with E-state index in [-0.39, 0.29) is 0 Å². The molecule has 0 saturated heterocycles. The fourth-order valence-electron chi connectivity index (χ4n) is 1.08. The van der Waals surface area contributed by atoms with E-state index in [1.807, 2.05) is 19.6 Å². The molecule has 62 valence electrons. The Balaban J connectivity index is 2.56. The van der Waals surface area contributed by atoms with Crippen molar-refractivity contribution >= 4 is 0 Å². The monoisotopic (exact) mass is 152 g/mol. The summed E-state index contributed by atoms with van der Waals surface area (Å²) < 4.78 is 2.09. The Hall–Kier alpha value is -0.790. The highest BCUT2D eigenvalue weighted by molar-refractivity contribution is 4.98. The van der Waals surface area contributed by atoms with Crippen LogP contribution in [0.3, 0.4) is 0 Å². The van der Waals surface area contributed by atoms with Gasteiger partial charge in [0.25, 0.3) is 0 Å². The van der Waals surface area contributed by atoms with Crippen LogP contribution in [0.2, 0.25) is 0 Å². The first-order valence-electron chi connectivity index (χ1n) is 4.19. The van der Waals surface area contributed by atoms with E-state index in [9.17, 15) is 0 Å². The van der Waals surface area contributed by atoms with E-state index in [1.165, 1.54) is 12.1 Å². The first kappa shape index (κ1) is 8.31. The minimum atomic E-state index is 0.769. The molecule has 2 nitrogen and oxygen atoms in total. The highest BCUT2D eigenvalue weighted by atomic mass is 15.0. The first-order chi connectivity index (χ1) is 5.24. The average Bonchev–Trinajstić information content (AvgIpc) is 2.37. The molecule has 0 amide bonds. The molecule has 1 heterocycles. The van der Waals surface area contributed by atoms with Gasteiger partial charge in [0.15, 0.2) is 0 Å². The van der Waals surface area contributed by atoms with Crippen molar-refractivity contribution < 1.29 is 0 Å². The molecule has 0 aliphatic carbocycles. The van der Waals surface area contributed by atoms with Gasteiger partial charge in [0.1, 0.15) is 0 Å². The Morgan fingerprint density at radius 2 is 2.36 bits per heavy atom.